The molecule has 0 aromatic heterocycles. The highest BCUT2D eigenvalue weighted by Gasteiger charge is 2.41. The summed E-state index contributed by atoms with van der Waals surface area (Å²) in [6.45, 7) is 3.87. The zero-order valence-electron chi connectivity index (χ0n) is 15.4. The lowest BCUT2D eigenvalue weighted by Crippen LogP contribution is -2.42. The lowest BCUT2D eigenvalue weighted by atomic mass is 9.73. The van der Waals surface area contributed by atoms with Crippen LogP contribution in [0, 0.1) is 0 Å². The van der Waals surface area contributed by atoms with Gasteiger partial charge in [-0.15, -0.1) is 0 Å². The summed E-state index contributed by atoms with van der Waals surface area (Å²) in [5.74, 6) is 0. The minimum Gasteiger partial charge on any atom is -0.198 e. The van der Waals surface area contributed by atoms with Crippen molar-refractivity contribution in [3.8, 4) is 0 Å². The maximum absolute atomic E-state index is 11.7. The molecule has 0 saturated carbocycles. The molecule has 0 amide bonds. The van der Waals surface area contributed by atoms with E-state index < -0.39 is 10.1 Å². The van der Waals surface area contributed by atoms with Gasteiger partial charge in [-0.2, -0.15) is 17.8 Å². The zero-order valence-corrected chi connectivity index (χ0v) is 16.2. The highest BCUT2D eigenvalue weighted by atomic mass is 32.2. The molecule has 0 radical (unpaired) electrons. The molecule has 26 heavy (non-hydrogen) atoms. The summed E-state index contributed by atoms with van der Waals surface area (Å²) < 4.78 is 28.7. The Labute approximate surface area is 156 Å². The van der Waals surface area contributed by atoms with Crippen LogP contribution < -0.4 is 0 Å². The van der Waals surface area contributed by atoms with E-state index in [0.29, 0.717) is 6.42 Å². The van der Waals surface area contributed by atoms with Crippen molar-refractivity contribution in [2.75, 3.05) is 6.26 Å². The van der Waals surface area contributed by atoms with Gasteiger partial charge in [0.05, 0.1) is 12.3 Å². The van der Waals surface area contributed by atoms with Crippen LogP contribution in [-0.4, -0.2) is 31.8 Å². The molecular formula is C21H25NO3S. The van der Waals surface area contributed by atoms with E-state index in [2.05, 4.69) is 36.4 Å². The van der Waals surface area contributed by atoms with Crippen molar-refractivity contribution in [2.45, 2.75) is 37.8 Å². The summed E-state index contributed by atoms with van der Waals surface area (Å²) in [5, 5.41) is 1.58. The van der Waals surface area contributed by atoms with Crippen LogP contribution in [0.4, 0.5) is 0 Å². The van der Waals surface area contributed by atoms with E-state index in [4.69, 9.17) is 4.28 Å². The van der Waals surface area contributed by atoms with Gasteiger partial charge in [0.1, 0.15) is 0 Å². The van der Waals surface area contributed by atoms with Crippen molar-refractivity contribution in [1.82, 2.24) is 5.06 Å². The first-order valence-electron chi connectivity index (χ1n) is 8.80. The van der Waals surface area contributed by atoms with Gasteiger partial charge < -0.3 is 0 Å². The van der Waals surface area contributed by atoms with Crippen LogP contribution in [-0.2, 0) is 19.8 Å². The first kappa shape index (κ1) is 18.8. The summed E-state index contributed by atoms with van der Waals surface area (Å²) in [7, 11) is -3.58. The average molecular weight is 372 g/mol. The van der Waals surface area contributed by atoms with E-state index >= 15 is 0 Å². The molecule has 0 aliphatic heterocycles. The summed E-state index contributed by atoms with van der Waals surface area (Å²) >= 11 is 0. The van der Waals surface area contributed by atoms with Gasteiger partial charge >= 0.3 is 0 Å². The normalized spacial score (nSPS) is 19.3. The lowest BCUT2D eigenvalue weighted by Gasteiger charge is -2.34. The fourth-order valence-corrected chi connectivity index (χ4v) is 4.26. The Kier molecular flexibility index (Phi) is 5.32. The van der Waals surface area contributed by atoms with Crippen molar-refractivity contribution in [1.29, 1.82) is 0 Å². The van der Waals surface area contributed by atoms with Crippen LogP contribution in [0.25, 0.3) is 0 Å². The summed E-state index contributed by atoms with van der Waals surface area (Å²) in [5.41, 5.74) is 2.07. The quantitative estimate of drug-likeness (QED) is 0.571. The molecular weight excluding hydrogens is 346 g/mol. The predicted molar refractivity (Wildman–Crippen MR) is 104 cm³/mol. The highest BCUT2D eigenvalue weighted by molar-refractivity contribution is 7.85. The molecule has 1 aliphatic carbocycles. The van der Waals surface area contributed by atoms with E-state index in [0.717, 1.165) is 6.26 Å². The Morgan fingerprint density at radius 1 is 1.00 bits per heavy atom. The molecule has 1 atom stereocenters. The molecule has 138 valence electrons. The molecule has 0 bridgehead atoms. The number of benzene rings is 2. The van der Waals surface area contributed by atoms with E-state index in [9.17, 15) is 8.42 Å². The average Bonchev–Trinajstić information content (AvgIpc) is 3.07. The van der Waals surface area contributed by atoms with E-state index in [-0.39, 0.29) is 17.5 Å². The second-order valence-corrected chi connectivity index (χ2v) is 8.62. The van der Waals surface area contributed by atoms with Gasteiger partial charge in [0, 0.05) is 11.5 Å². The number of hydrogen-bond acceptors (Lipinski definition) is 4. The minimum atomic E-state index is -3.58. The Hall–Kier alpha value is -1.95. The fraction of sp³-hybridized carbons (Fsp3) is 0.333. The van der Waals surface area contributed by atoms with E-state index in [1.165, 1.54) is 11.1 Å². The Bertz CT molecular complexity index is 821. The maximum Gasteiger partial charge on any atom is 0.280 e. The highest BCUT2D eigenvalue weighted by Crippen LogP contribution is 2.43. The smallest absolute Gasteiger partial charge is 0.198 e. The third-order valence-electron chi connectivity index (χ3n) is 4.77. The second kappa shape index (κ2) is 7.35. The van der Waals surface area contributed by atoms with Crippen LogP contribution in [0.2, 0.25) is 0 Å². The van der Waals surface area contributed by atoms with Crippen LogP contribution in [0.15, 0.2) is 72.8 Å². The Morgan fingerprint density at radius 3 is 1.92 bits per heavy atom. The molecule has 2 aromatic rings. The van der Waals surface area contributed by atoms with E-state index in [1.54, 1.807) is 5.06 Å². The molecule has 5 heteroatoms. The van der Waals surface area contributed by atoms with Crippen LogP contribution in [0.3, 0.4) is 0 Å². The molecule has 0 heterocycles. The van der Waals surface area contributed by atoms with Crippen molar-refractivity contribution in [3.63, 3.8) is 0 Å². The topological polar surface area (TPSA) is 46.6 Å². The maximum atomic E-state index is 11.7. The monoisotopic (exact) mass is 371 g/mol. The number of rotatable bonds is 6. The van der Waals surface area contributed by atoms with Gasteiger partial charge in [0.25, 0.3) is 10.1 Å². The number of hydroxylamine groups is 2. The minimum absolute atomic E-state index is 0.0679. The summed E-state index contributed by atoms with van der Waals surface area (Å²) in [6.07, 6.45) is 6.05. The number of hydrogen-bond donors (Lipinski definition) is 0. The molecule has 0 saturated heterocycles. The van der Waals surface area contributed by atoms with Gasteiger partial charge in [-0.3, -0.25) is 0 Å². The van der Waals surface area contributed by atoms with Crippen molar-refractivity contribution in [2.24, 2.45) is 0 Å². The molecule has 1 unspecified atom stereocenters. The van der Waals surface area contributed by atoms with Gasteiger partial charge in [0.2, 0.25) is 0 Å². The standard InChI is InChI=1S/C21H25NO3S/c1-17(2)22(25-26(3,23)24)20-14-15-21(16-20,18-10-6-4-7-11-18)19-12-8-5-9-13-19/h4-15,17,20H,16H2,1-3H3. The lowest BCUT2D eigenvalue weighted by molar-refractivity contribution is -0.102. The van der Waals surface area contributed by atoms with Crippen LogP contribution >= 0.6 is 0 Å². The van der Waals surface area contributed by atoms with Gasteiger partial charge in [-0.1, -0.05) is 72.8 Å². The number of nitrogens with zero attached hydrogens (tertiary/aromatic N) is 1. The summed E-state index contributed by atoms with van der Waals surface area (Å²) in [4.78, 5) is 0. The fourth-order valence-electron chi connectivity index (χ4n) is 3.66. The third-order valence-corrected chi connectivity index (χ3v) is 5.21. The Morgan fingerprint density at radius 2 is 1.50 bits per heavy atom. The molecule has 1 aliphatic rings. The van der Waals surface area contributed by atoms with Gasteiger partial charge in [-0.05, 0) is 31.4 Å². The molecule has 0 N–H and O–H groups in total. The van der Waals surface area contributed by atoms with Gasteiger partial charge in [-0.25, -0.2) is 0 Å². The second-order valence-electron chi connectivity index (χ2n) is 7.07. The van der Waals surface area contributed by atoms with Gasteiger partial charge in [0.15, 0.2) is 0 Å². The molecule has 0 spiro atoms. The molecule has 0 fully saturated rings. The van der Waals surface area contributed by atoms with Crippen LogP contribution in [0.1, 0.15) is 31.4 Å². The predicted octanol–water partition coefficient (Wildman–Crippen LogP) is 3.90. The largest absolute Gasteiger partial charge is 0.280 e. The van der Waals surface area contributed by atoms with Crippen molar-refractivity contribution >= 4 is 10.1 Å². The van der Waals surface area contributed by atoms with Crippen LogP contribution in [0.5, 0.6) is 0 Å². The zero-order chi connectivity index (χ0) is 18.8. The Balaban J connectivity index is 2.01. The summed E-state index contributed by atoms with van der Waals surface area (Å²) in [6, 6.07) is 20.4. The van der Waals surface area contributed by atoms with E-state index in [1.807, 2.05) is 50.2 Å². The van der Waals surface area contributed by atoms with Crippen molar-refractivity contribution in [3.05, 3.63) is 83.9 Å². The molecule has 3 rings (SSSR count). The molecule has 2 aromatic carbocycles. The van der Waals surface area contributed by atoms with Crippen molar-refractivity contribution < 1.29 is 12.7 Å². The third kappa shape index (κ3) is 3.90. The first-order chi connectivity index (χ1) is 12.3. The number of allylic oxidation sites excluding steroid dienone is 1. The molecule has 4 nitrogen and oxygen atoms in total. The SMILES string of the molecule is CC(C)N(OS(C)(=O)=O)C1C=CC(c2ccccc2)(c2ccccc2)C1. The first-order valence-corrected chi connectivity index (χ1v) is 10.6.